The lowest BCUT2D eigenvalue weighted by Gasteiger charge is -2.24. The Morgan fingerprint density at radius 2 is 1.29 bits per heavy atom. The molecule has 0 atom stereocenters. The number of rotatable bonds is 6. The van der Waals surface area contributed by atoms with E-state index in [1.807, 2.05) is 6.92 Å². The molecule has 1 amide bonds. The molecular formula is C28H23NO5S. The predicted molar refractivity (Wildman–Crippen MR) is 134 cm³/mol. The van der Waals surface area contributed by atoms with Crippen molar-refractivity contribution in [2.24, 2.45) is 0 Å². The van der Waals surface area contributed by atoms with E-state index < -0.39 is 21.9 Å². The highest BCUT2D eigenvalue weighted by Gasteiger charge is 2.33. The molecule has 0 aromatic heterocycles. The normalized spacial score (nSPS) is 11.0. The maximum Gasteiger partial charge on any atom is 0.343 e. The number of hydrogen-bond acceptors (Lipinski definition) is 5. The lowest BCUT2D eigenvalue weighted by atomic mass is 10.2. The number of carbonyl (C=O) groups is 2. The maximum absolute atomic E-state index is 13.7. The molecule has 0 aliphatic carbocycles. The number of hydrogen-bond donors (Lipinski definition) is 0. The molecule has 0 fully saturated rings. The van der Waals surface area contributed by atoms with Crippen LogP contribution in [0.5, 0.6) is 5.75 Å². The lowest BCUT2D eigenvalue weighted by molar-refractivity contribution is 0.0734. The van der Waals surface area contributed by atoms with Crippen molar-refractivity contribution < 1.29 is 22.7 Å². The Morgan fingerprint density at radius 3 is 1.86 bits per heavy atom. The van der Waals surface area contributed by atoms with Crippen molar-refractivity contribution in [3.05, 3.63) is 125 Å². The highest BCUT2D eigenvalue weighted by Crippen LogP contribution is 2.30. The minimum absolute atomic E-state index is 0.0342. The number of anilines is 1. The van der Waals surface area contributed by atoms with Gasteiger partial charge in [-0.2, -0.15) is 4.31 Å². The highest BCUT2D eigenvalue weighted by molar-refractivity contribution is 7.93. The summed E-state index contributed by atoms with van der Waals surface area (Å²) in [5.41, 5.74) is 2.17. The molecule has 0 spiro atoms. The van der Waals surface area contributed by atoms with Crippen molar-refractivity contribution in [3.63, 3.8) is 0 Å². The minimum atomic E-state index is -4.25. The van der Waals surface area contributed by atoms with Crippen molar-refractivity contribution in [2.45, 2.75) is 18.7 Å². The molecule has 0 saturated heterocycles. The van der Waals surface area contributed by atoms with E-state index in [-0.39, 0.29) is 21.9 Å². The number of carbonyl (C=O) groups excluding carboxylic acids is 2. The molecule has 0 radical (unpaired) electrons. The molecule has 0 aliphatic heterocycles. The average Bonchev–Trinajstić information content (AvgIpc) is 2.86. The van der Waals surface area contributed by atoms with Crippen LogP contribution in [0.25, 0.3) is 0 Å². The topological polar surface area (TPSA) is 80.8 Å². The quantitative estimate of drug-likeness (QED) is 0.264. The predicted octanol–water partition coefficient (Wildman–Crippen LogP) is 5.56. The van der Waals surface area contributed by atoms with E-state index >= 15 is 0 Å². The average molecular weight is 486 g/mol. The number of amides is 1. The zero-order valence-electron chi connectivity index (χ0n) is 19.2. The Hall–Kier alpha value is -4.23. The van der Waals surface area contributed by atoms with Gasteiger partial charge < -0.3 is 4.74 Å². The van der Waals surface area contributed by atoms with Gasteiger partial charge in [0, 0.05) is 5.56 Å². The van der Waals surface area contributed by atoms with Crippen LogP contribution in [0.1, 0.15) is 31.8 Å². The van der Waals surface area contributed by atoms with Crippen LogP contribution < -0.4 is 9.04 Å². The Kier molecular flexibility index (Phi) is 6.80. The standard InChI is InChI=1S/C28H23NO5S/c1-20-13-18-26(21(2)19-20)35(32,33)29(27(30)22-9-5-3-6-10-22)24-14-16-25(17-15-24)34-28(31)23-11-7-4-8-12-23/h3-19H,1-2H3. The van der Waals surface area contributed by atoms with Crippen LogP contribution >= 0.6 is 0 Å². The minimum Gasteiger partial charge on any atom is -0.423 e. The van der Waals surface area contributed by atoms with Crippen LogP contribution in [0.15, 0.2) is 108 Å². The van der Waals surface area contributed by atoms with Gasteiger partial charge in [0.15, 0.2) is 0 Å². The number of sulfonamides is 1. The first-order valence-electron chi connectivity index (χ1n) is 10.9. The van der Waals surface area contributed by atoms with Crippen molar-refractivity contribution in [3.8, 4) is 5.75 Å². The zero-order valence-corrected chi connectivity index (χ0v) is 20.0. The molecule has 4 rings (SSSR count). The van der Waals surface area contributed by atoms with Crippen molar-refractivity contribution in [1.82, 2.24) is 0 Å². The summed E-state index contributed by atoms with van der Waals surface area (Å²) in [7, 11) is -4.25. The molecule has 0 aliphatic rings. The van der Waals surface area contributed by atoms with E-state index in [2.05, 4.69) is 0 Å². The van der Waals surface area contributed by atoms with Gasteiger partial charge in [-0.25, -0.2) is 13.2 Å². The smallest absolute Gasteiger partial charge is 0.343 e. The van der Waals surface area contributed by atoms with Crippen LogP contribution in [0.3, 0.4) is 0 Å². The molecule has 0 heterocycles. The molecule has 0 saturated carbocycles. The zero-order chi connectivity index (χ0) is 25.0. The number of esters is 1. The SMILES string of the molecule is Cc1ccc(S(=O)(=O)N(C(=O)c2ccccc2)c2ccc(OC(=O)c3ccccc3)cc2)c(C)c1. The van der Waals surface area contributed by atoms with Gasteiger partial charge in [0.2, 0.25) is 0 Å². The monoisotopic (exact) mass is 485 g/mol. The van der Waals surface area contributed by atoms with E-state index in [1.165, 1.54) is 30.3 Å². The third-order valence-corrected chi connectivity index (χ3v) is 7.22. The van der Waals surface area contributed by atoms with Crippen molar-refractivity contribution in [1.29, 1.82) is 0 Å². The van der Waals surface area contributed by atoms with Crippen molar-refractivity contribution >= 4 is 27.6 Å². The van der Waals surface area contributed by atoms with Gasteiger partial charge in [0.1, 0.15) is 5.75 Å². The fourth-order valence-electron chi connectivity index (χ4n) is 3.64. The molecule has 4 aromatic rings. The Labute approximate surface area is 204 Å². The van der Waals surface area contributed by atoms with Gasteiger partial charge in [-0.3, -0.25) is 4.79 Å². The van der Waals surface area contributed by atoms with E-state index in [4.69, 9.17) is 4.74 Å². The van der Waals surface area contributed by atoms with Crippen LogP contribution in [0, 0.1) is 13.8 Å². The molecular weight excluding hydrogens is 462 g/mol. The lowest BCUT2D eigenvalue weighted by Crippen LogP contribution is -2.37. The summed E-state index contributed by atoms with van der Waals surface area (Å²) in [5.74, 6) is -1.02. The van der Waals surface area contributed by atoms with E-state index in [9.17, 15) is 18.0 Å². The van der Waals surface area contributed by atoms with Gasteiger partial charge in [-0.05, 0) is 74.0 Å². The number of nitrogens with zero attached hydrogens (tertiary/aromatic N) is 1. The summed E-state index contributed by atoms with van der Waals surface area (Å²) >= 11 is 0. The molecule has 35 heavy (non-hydrogen) atoms. The van der Waals surface area contributed by atoms with E-state index in [1.54, 1.807) is 79.7 Å². The maximum atomic E-state index is 13.7. The third-order valence-electron chi connectivity index (χ3n) is 5.35. The van der Waals surface area contributed by atoms with Gasteiger partial charge in [-0.15, -0.1) is 0 Å². The molecule has 0 unspecified atom stereocenters. The molecule has 6 nitrogen and oxygen atoms in total. The van der Waals surface area contributed by atoms with Crippen LogP contribution in [0.4, 0.5) is 5.69 Å². The summed E-state index contributed by atoms with van der Waals surface area (Å²) < 4.78 is 33.7. The van der Waals surface area contributed by atoms with Crippen molar-refractivity contribution in [2.75, 3.05) is 4.31 Å². The Balaban J connectivity index is 1.73. The molecule has 4 aromatic carbocycles. The first-order chi connectivity index (χ1) is 16.8. The van der Waals surface area contributed by atoms with Crippen LogP contribution in [-0.4, -0.2) is 20.3 Å². The van der Waals surface area contributed by atoms with E-state index in [0.29, 0.717) is 11.1 Å². The summed E-state index contributed by atoms with van der Waals surface area (Å²) in [4.78, 5) is 25.8. The highest BCUT2D eigenvalue weighted by atomic mass is 32.2. The van der Waals surface area contributed by atoms with Crippen LogP contribution in [0.2, 0.25) is 0 Å². The van der Waals surface area contributed by atoms with E-state index in [0.717, 1.165) is 9.87 Å². The first kappa shape index (κ1) is 23.9. The fourth-order valence-corrected chi connectivity index (χ4v) is 5.27. The van der Waals surface area contributed by atoms with Gasteiger partial charge in [0.25, 0.3) is 15.9 Å². The second-order valence-corrected chi connectivity index (χ2v) is 9.71. The molecule has 7 heteroatoms. The van der Waals surface area contributed by atoms with Gasteiger partial charge in [0.05, 0.1) is 16.1 Å². The van der Waals surface area contributed by atoms with Gasteiger partial charge >= 0.3 is 5.97 Å². The number of ether oxygens (including phenoxy) is 1. The summed E-state index contributed by atoms with van der Waals surface area (Å²) in [6.45, 7) is 3.56. The van der Waals surface area contributed by atoms with Crippen LogP contribution in [-0.2, 0) is 10.0 Å². The molecule has 0 N–H and O–H groups in total. The molecule has 176 valence electrons. The second-order valence-electron chi connectivity index (χ2n) is 7.96. The second kappa shape index (κ2) is 9.95. The summed E-state index contributed by atoms with van der Waals surface area (Å²) in [6.07, 6.45) is 0. The van der Waals surface area contributed by atoms with Gasteiger partial charge in [-0.1, -0.05) is 54.1 Å². The number of aryl methyl sites for hydroxylation is 2. The number of benzene rings is 4. The summed E-state index contributed by atoms with van der Waals surface area (Å²) in [5, 5.41) is 0. The summed E-state index contributed by atoms with van der Waals surface area (Å²) in [6, 6.07) is 27.5. The Morgan fingerprint density at radius 1 is 0.714 bits per heavy atom. The Bertz CT molecular complexity index is 1470. The third kappa shape index (κ3) is 5.15. The largest absolute Gasteiger partial charge is 0.423 e. The molecule has 0 bridgehead atoms. The first-order valence-corrected chi connectivity index (χ1v) is 12.3. The fraction of sp³-hybridized carbons (Fsp3) is 0.0714.